The zero-order valence-electron chi connectivity index (χ0n) is 7.82. The zero-order chi connectivity index (χ0) is 8.55. The first kappa shape index (κ1) is 8.48. The van der Waals surface area contributed by atoms with E-state index in [1.165, 1.54) is 12.8 Å². The number of rotatable bonds is 2. The number of ether oxygens (including phenoxy) is 2. The molecule has 1 saturated heterocycles. The third kappa shape index (κ3) is 1.49. The van der Waals surface area contributed by atoms with Gasteiger partial charge in [-0.3, -0.25) is 0 Å². The summed E-state index contributed by atoms with van der Waals surface area (Å²) in [4.78, 5) is 2.28. The minimum absolute atomic E-state index is 0.112. The van der Waals surface area contributed by atoms with Crippen LogP contribution in [0.4, 0.5) is 0 Å². The van der Waals surface area contributed by atoms with Gasteiger partial charge in [-0.25, -0.2) is 0 Å². The van der Waals surface area contributed by atoms with E-state index in [-0.39, 0.29) is 6.29 Å². The van der Waals surface area contributed by atoms with Crippen LogP contribution in [0.3, 0.4) is 0 Å². The number of hydrogen-bond acceptors (Lipinski definition) is 3. The summed E-state index contributed by atoms with van der Waals surface area (Å²) in [5.41, 5.74) is 0. The van der Waals surface area contributed by atoms with E-state index >= 15 is 0 Å². The molecule has 2 aliphatic rings. The lowest BCUT2D eigenvalue weighted by atomic mass is 9.79. The third-order valence-electron chi connectivity index (χ3n) is 2.91. The van der Waals surface area contributed by atoms with Gasteiger partial charge >= 0.3 is 0 Å². The molecule has 0 aromatic carbocycles. The molecule has 70 valence electrons. The van der Waals surface area contributed by atoms with Crippen LogP contribution >= 0.6 is 0 Å². The van der Waals surface area contributed by atoms with E-state index in [9.17, 15) is 0 Å². The van der Waals surface area contributed by atoms with Gasteiger partial charge in [0, 0.05) is 12.0 Å². The van der Waals surface area contributed by atoms with E-state index in [4.69, 9.17) is 9.47 Å². The molecule has 3 nitrogen and oxygen atoms in total. The molecule has 0 radical (unpaired) electrons. The molecule has 0 aromatic heterocycles. The Bertz CT molecular complexity index is 149. The van der Waals surface area contributed by atoms with Gasteiger partial charge in [0.25, 0.3) is 0 Å². The van der Waals surface area contributed by atoms with Gasteiger partial charge in [0.05, 0.1) is 13.2 Å². The largest absolute Gasteiger partial charge is 0.350 e. The summed E-state index contributed by atoms with van der Waals surface area (Å²) in [6, 6.07) is 0.753. The summed E-state index contributed by atoms with van der Waals surface area (Å²) < 4.78 is 10.9. The van der Waals surface area contributed by atoms with Gasteiger partial charge in [-0.2, -0.15) is 0 Å². The maximum atomic E-state index is 5.44. The van der Waals surface area contributed by atoms with Gasteiger partial charge in [-0.1, -0.05) is 0 Å². The molecular formula is C9H17NO2. The molecule has 1 aliphatic heterocycles. The van der Waals surface area contributed by atoms with Crippen LogP contribution in [0.2, 0.25) is 0 Å². The first-order valence-corrected chi connectivity index (χ1v) is 4.67. The quantitative estimate of drug-likeness (QED) is 0.610. The Balaban J connectivity index is 1.73. The Morgan fingerprint density at radius 2 is 1.67 bits per heavy atom. The highest BCUT2D eigenvalue weighted by Gasteiger charge is 2.38. The van der Waals surface area contributed by atoms with Crippen LogP contribution in [0.1, 0.15) is 12.8 Å². The minimum atomic E-state index is 0.112. The average Bonchev–Trinajstić information content (AvgIpc) is 2.34. The second-order valence-corrected chi connectivity index (χ2v) is 3.96. The Labute approximate surface area is 73.6 Å². The van der Waals surface area contributed by atoms with E-state index < -0.39 is 0 Å². The molecule has 3 heteroatoms. The molecule has 2 rings (SSSR count). The first-order valence-electron chi connectivity index (χ1n) is 4.67. The lowest BCUT2D eigenvalue weighted by Gasteiger charge is -2.41. The maximum Gasteiger partial charge on any atom is 0.160 e. The first-order chi connectivity index (χ1) is 5.77. The van der Waals surface area contributed by atoms with E-state index in [1.807, 2.05) is 0 Å². The van der Waals surface area contributed by atoms with Crippen molar-refractivity contribution in [1.29, 1.82) is 0 Å². The van der Waals surface area contributed by atoms with Gasteiger partial charge in [0.2, 0.25) is 0 Å². The summed E-state index contributed by atoms with van der Waals surface area (Å²) in [7, 11) is 4.27. The summed E-state index contributed by atoms with van der Waals surface area (Å²) >= 11 is 0. The smallest absolute Gasteiger partial charge is 0.160 e. The van der Waals surface area contributed by atoms with Gasteiger partial charge < -0.3 is 14.4 Å². The molecule has 0 bridgehead atoms. The van der Waals surface area contributed by atoms with Crippen LogP contribution in [-0.2, 0) is 9.47 Å². The molecular weight excluding hydrogens is 154 g/mol. The molecule has 0 unspecified atom stereocenters. The lowest BCUT2D eigenvalue weighted by molar-refractivity contribution is -0.120. The molecule has 1 heterocycles. The van der Waals surface area contributed by atoms with Crippen LogP contribution in [0.5, 0.6) is 0 Å². The van der Waals surface area contributed by atoms with Crippen LogP contribution < -0.4 is 0 Å². The van der Waals surface area contributed by atoms with Crippen LogP contribution in [0.15, 0.2) is 0 Å². The second-order valence-electron chi connectivity index (χ2n) is 3.96. The summed E-state index contributed by atoms with van der Waals surface area (Å²) in [5, 5.41) is 0. The van der Waals surface area contributed by atoms with Crippen molar-refractivity contribution in [3.05, 3.63) is 0 Å². The highest BCUT2D eigenvalue weighted by atomic mass is 16.7. The van der Waals surface area contributed by atoms with Crippen molar-refractivity contribution in [2.45, 2.75) is 25.2 Å². The molecule has 0 spiro atoms. The highest BCUT2D eigenvalue weighted by Crippen LogP contribution is 2.35. The molecule has 1 aliphatic carbocycles. The SMILES string of the molecule is CN(C)C1CC(C2OCCO2)C1. The van der Waals surface area contributed by atoms with E-state index in [1.54, 1.807) is 0 Å². The van der Waals surface area contributed by atoms with E-state index in [0.29, 0.717) is 5.92 Å². The predicted molar refractivity (Wildman–Crippen MR) is 45.9 cm³/mol. The fourth-order valence-corrected chi connectivity index (χ4v) is 1.92. The van der Waals surface area contributed by atoms with Crippen molar-refractivity contribution >= 4 is 0 Å². The Morgan fingerprint density at radius 1 is 1.08 bits per heavy atom. The normalized spacial score (nSPS) is 37.2. The van der Waals surface area contributed by atoms with Gasteiger partial charge in [-0.05, 0) is 26.9 Å². The van der Waals surface area contributed by atoms with Crippen molar-refractivity contribution in [1.82, 2.24) is 4.90 Å². The molecule has 1 saturated carbocycles. The Hall–Kier alpha value is -0.120. The average molecular weight is 171 g/mol. The third-order valence-corrected chi connectivity index (χ3v) is 2.91. The van der Waals surface area contributed by atoms with Crippen molar-refractivity contribution in [2.24, 2.45) is 5.92 Å². The van der Waals surface area contributed by atoms with Crippen LogP contribution in [-0.4, -0.2) is 44.5 Å². The molecule has 0 aromatic rings. The lowest BCUT2D eigenvalue weighted by Crippen LogP contribution is -2.45. The molecule has 0 amide bonds. The molecule has 2 fully saturated rings. The number of nitrogens with zero attached hydrogens (tertiary/aromatic N) is 1. The van der Waals surface area contributed by atoms with Crippen LogP contribution in [0.25, 0.3) is 0 Å². The summed E-state index contributed by atoms with van der Waals surface area (Å²) in [6.07, 6.45) is 2.58. The summed E-state index contributed by atoms with van der Waals surface area (Å²) in [6.45, 7) is 1.57. The Morgan fingerprint density at radius 3 is 2.17 bits per heavy atom. The standard InChI is InChI=1S/C9H17NO2/c1-10(2)8-5-7(6-8)9-11-3-4-12-9/h7-9H,3-6H2,1-2H3. The maximum absolute atomic E-state index is 5.44. The Kier molecular flexibility index (Phi) is 2.35. The van der Waals surface area contributed by atoms with Gasteiger partial charge in [0.15, 0.2) is 6.29 Å². The van der Waals surface area contributed by atoms with Crippen molar-refractivity contribution in [3.8, 4) is 0 Å². The van der Waals surface area contributed by atoms with Crippen molar-refractivity contribution < 1.29 is 9.47 Å². The van der Waals surface area contributed by atoms with Crippen molar-refractivity contribution in [2.75, 3.05) is 27.3 Å². The van der Waals surface area contributed by atoms with Crippen LogP contribution in [0, 0.1) is 5.92 Å². The predicted octanol–water partition coefficient (Wildman–Crippen LogP) is 0.699. The zero-order valence-corrected chi connectivity index (χ0v) is 7.82. The fourth-order valence-electron chi connectivity index (χ4n) is 1.92. The highest BCUT2D eigenvalue weighted by molar-refractivity contribution is 4.87. The topological polar surface area (TPSA) is 21.7 Å². The molecule has 12 heavy (non-hydrogen) atoms. The minimum Gasteiger partial charge on any atom is -0.350 e. The van der Waals surface area contributed by atoms with Gasteiger partial charge in [-0.15, -0.1) is 0 Å². The fraction of sp³-hybridized carbons (Fsp3) is 1.00. The number of hydrogen-bond donors (Lipinski definition) is 0. The van der Waals surface area contributed by atoms with Gasteiger partial charge in [0.1, 0.15) is 0 Å². The van der Waals surface area contributed by atoms with E-state index in [2.05, 4.69) is 19.0 Å². The summed E-state index contributed by atoms with van der Waals surface area (Å²) in [5.74, 6) is 0.653. The van der Waals surface area contributed by atoms with E-state index in [0.717, 1.165) is 19.3 Å². The second kappa shape index (κ2) is 3.32. The monoisotopic (exact) mass is 171 g/mol. The molecule has 0 N–H and O–H groups in total. The molecule has 0 atom stereocenters. The van der Waals surface area contributed by atoms with Crippen molar-refractivity contribution in [3.63, 3.8) is 0 Å².